The first-order valence-corrected chi connectivity index (χ1v) is 7.69. The Hall–Kier alpha value is -2.83. The third-order valence-electron chi connectivity index (χ3n) is 3.84. The third kappa shape index (κ3) is 4.17. The Kier molecular flexibility index (Phi) is 5.80. The molecule has 1 unspecified atom stereocenters. The molecular weight excluding hydrogens is 333 g/mol. The molecule has 0 aliphatic rings. The van der Waals surface area contributed by atoms with E-state index in [1.54, 1.807) is 12.1 Å². The standard InChI is InChI=1S/C18H17F3N2O2/c1-3-10(2)11-6-4-5-7-13(11)22-17(24)18(25)23-14-9-8-12(19)15(20)16(14)21/h4-10H,3H2,1-2H3,(H,22,24)(H,23,25). The number of amides is 2. The normalized spacial score (nSPS) is 11.7. The van der Waals surface area contributed by atoms with Gasteiger partial charge < -0.3 is 10.6 Å². The predicted molar refractivity (Wildman–Crippen MR) is 88.7 cm³/mol. The molecule has 2 aromatic carbocycles. The van der Waals surface area contributed by atoms with Crippen LogP contribution in [0.15, 0.2) is 36.4 Å². The molecule has 0 saturated carbocycles. The number of carbonyl (C=O) groups is 2. The molecule has 25 heavy (non-hydrogen) atoms. The fourth-order valence-electron chi connectivity index (χ4n) is 2.24. The Morgan fingerprint density at radius 2 is 1.52 bits per heavy atom. The van der Waals surface area contributed by atoms with Gasteiger partial charge in [-0.1, -0.05) is 32.0 Å². The van der Waals surface area contributed by atoms with Crippen LogP contribution < -0.4 is 10.6 Å². The molecule has 1 atom stereocenters. The molecule has 0 spiro atoms. The van der Waals surface area contributed by atoms with E-state index in [9.17, 15) is 22.8 Å². The Morgan fingerprint density at radius 1 is 0.920 bits per heavy atom. The summed E-state index contributed by atoms with van der Waals surface area (Å²) in [5, 5.41) is 4.38. The van der Waals surface area contributed by atoms with Crippen molar-refractivity contribution in [3.05, 3.63) is 59.4 Å². The second-order valence-electron chi connectivity index (χ2n) is 5.53. The SMILES string of the molecule is CCC(C)c1ccccc1NC(=O)C(=O)Nc1ccc(F)c(F)c1F. The summed E-state index contributed by atoms with van der Waals surface area (Å²) in [7, 11) is 0. The monoisotopic (exact) mass is 350 g/mol. The highest BCUT2D eigenvalue weighted by molar-refractivity contribution is 6.43. The quantitative estimate of drug-likeness (QED) is 0.641. The van der Waals surface area contributed by atoms with Gasteiger partial charge in [0.1, 0.15) is 0 Å². The van der Waals surface area contributed by atoms with Crippen LogP contribution in [0.25, 0.3) is 0 Å². The molecule has 0 aliphatic carbocycles. The molecule has 2 N–H and O–H groups in total. The Bertz CT molecular complexity index is 809. The van der Waals surface area contributed by atoms with Gasteiger partial charge in [-0.2, -0.15) is 0 Å². The zero-order chi connectivity index (χ0) is 18.6. The van der Waals surface area contributed by atoms with Crippen LogP contribution in [0, 0.1) is 17.5 Å². The number of rotatable bonds is 4. The topological polar surface area (TPSA) is 58.2 Å². The summed E-state index contributed by atoms with van der Waals surface area (Å²) >= 11 is 0. The molecule has 0 saturated heterocycles. The number of hydrogen-bond acceptors (Lipinski definition) is 2. The Balaban J connectivity index is 2.15. The first-order chi connectivity index (χ1) is 11.8. The molecule has 2 aromatic rings. The van der Waals surface area contributed by atoms with Gasteiger partial charge in [0.05, 0.1) is 5.69 Å². The second kappa shape index (κ2) is 7.83. The van der Waals surface area contributed by atoms with Crippen molar-refractivity contribution in [2.45, 2.75) is 26.2 Å². The molecule has 132 valence electrons. The smallest absolute Gasteiger partial charge is 0.314 e. The molecule has 0 radical (unpaired) electrons. The van der Waals surface area contributed by atoms with Crippen LogP contribution in [0.3, 0.4) is 0 Å². The summed E-state index contributed by atoms with van der Waals surface area (Å²) < 4.78 is 39.6. The molecule has 0 aliphatic heterocycles. The maximum atomic E-state index is 13.6. The van der Waals surface area contributed by atoms with E-state index in [2.05, 4.69) is 5.32 Å². The highest BCUT2D eigenvalue weighted by Gasteiger charge is 2.20. The summed E-state index contributed by atoms with van der Waals surface area (Å²) in [5.41, 5.74) is 0.696. The lowest BCUT2D eigenvalue weighted by Gasteiger charge is -2.15. The maximum absolute atomic E-state index is 13.6. The van der Waals surface area contributed by atoms with E-state index in [-0.39, 0.29) is 5.92 Å². The highest BCUT2D eigenvalue weighted by Crippen LogP contribution is 2.26. The highest BCUT2D eigenvalue weighted by atomic mass is 19.2. The zero-order valence-corrected chi connectivity index (χ0v) is 13.7. The molecule has 0 aromatic heterocycles. The van der Waals surface area contributed by atoms with Gasteiger partial charge in [-0.15, -0.1) is 0 Å². The van der Waals surface area contributed by atoms with Crippen molar-refractivity contribution in [2.24, 2.45) is 0 Å². The van der Waals surface area contributed by atoms with Crippen molar-refractivity contribution in [3.8, 4) is 0 Å². The molecule has 0 bridgehead atoms. The lowest BCUT2D eigenvalue weighted by Crippen LogP contribution is -2.30. The van der Waals surface area contributed by atoms with E-state index >= 15 is 0 Å². The van der Waals surface area contributed by atoms with Crippen LogP contribution in [0.2, 0.25) is 0 Å². The number of nitrogens with one attached hydrogen (secondary N) is 2. The molecule has 7 heteroatoms. The van der Waals surface area contributed by atoms with E-state index in [1.807, 2.05) is 31.3 Å². The van der Waals surface area contributed by atoms with Crippen LogP contribution in [-0.4, -0.2) is 11.8 Å². The van der Waals surface area contributed by atoms with E-state index in [0.29, 0.717) is 11.8 Å². The first-order valence-electron chi connectivity index (χ1n) is 7.69. The fourth-order valence-corrected chi connectivity index (χ4v) is 2.24. The second-order valence-corrected chi connectivity index (χ2v) is 5.53. The number of para-hydroxylation sites is 1. The van der Waals surface area contributed by atoms with Gasteiger partial charge in [-0.25, -0.2) is 13.2 Å². The van der Waals surface area contributed by atoms with E-state index in [0.717, 1.165) is 18.1 Å². The minimum absolute atomic E-state index is 0.156. The average Bonchev–Trinajstić information content (AvgIpc) is 2.61. The van der Waals surface area contributed by atoms with Crippen molar-refractivity contribution >= 4 is 23.2 Å². The van der Waals surface area contributed by atoms with Gasteiger partial charge in [0.15, 0.2) is 17.5 Å². The summed E-state index contributed by atoms with van der Waals surface area (Å²) in [6.07, 6.45) is 0.832. The van der Waals surface area contributed by atoms with Gasteiger partial charge in [0.25, 0.3) is 0 Å². The van der Waals surface area contributed by atoms with Gasteiger partial charge in [0, 0.05) is 5.69 Å². The van der Waals surface area contributed by atoms with Crippen LogP contribution in [-0.2, 0) is 9.59 Å². The van der Waals surface area contributed by atoms with Crippen LogP contribution >= 0.6 is 0 Å². The van der Waals surface area contributed by atoms with Crippen LogP contribution in [0.5, 0.6) is 0 Å². The van der Waals surface area contributed by atoms with Crippen molar-refractivity contribution in [3.63, 3.8) is 0 Å². The molecule has 2 rings (SSSR count). The minimum Gasteiger partial charge on any atom is -0.318 e. The number of hydrogen-bond donors (Lipinski definition) is 2. The molecule has 2 amide bonds. The molecule has 0 fully saturated rings. The number of benzene rings is 2. The maximum Gasteiger partial charge on any atom is 0.314 e. The van der Waals surface area contributed by atoms with Crippen molar-refractivity contribution in [1.82, 2.24) is 0 Å². The lowest BCUT2D eigenvalue weighted by molar-refractivity contribution is -0.133. The van der Waals surface area contributed by atoms with Crippen molar-refractivity contribution < 1.29 is 22.8 Å². The number of anilines is 2. The van der Waals surface area contributed by atoms with Gasteiger partial charge in [-0.3, -0.25) is 9.59 Å². The summed E-state index contributed by atoms with van der Waals surface area (Å²) in [5.74, 6) is -6.75. The molecule has 0 heterocycles. The summed E-state index contributed by atoms with van der Waals surface area (Å²) in [4.78, 5) is 23.9. The first kappa shape index (κ1) is 18.5. The van der Waals surface area contributed by atoms with Gasteiger partial charge >= 0.3 is 11.8 Å². The van der Waals surface area contributed by atoms with E-state index in [4.69, 9.17) is 0 Å². The summed E-state index contributed by atoms with van der Waals surface area (Å²) in [6, 6.07) is 8.49. The number of halogens is 3. The van der Waals surface area contributed by atoms with Gasteiger partial charge in [-0.05, 0) is 36.1 Å². The lowest BCUT2D eigenvalue weighted by atomic mass is 9.97. The Morgan fingerprint density at radius 3 is 2.16 bits per heavy atom. The zero-order valence-electron chi connectivity index (χ0n) is 13.7. The predicted octanol–water partition coefficient (Wildman–Crippen LogP) is 4.19. The van der Waals surface area contributed by atoms with E-state index in [1.165, 1.54) is 0 Å². The average molecular weight is 350 g/mol. The largest absolute Gasteiger partial charge is 0.318 e. The van der Waals surface area contributed by atoms with Crippen LogP contribution in [0.4, 0.5) is 24.5 Å². The van der Waals surface area contributed by atoms with Crippen molar-refractivity contribution in [1.29, 1.82) is 0 Å². The van der Waals surface area contributed by atoms with Crippen molar-refractivity contribution in [2.75, 3.05) is 10.6 Å². The third-order valence-corrected chi connectivity index (χ3v) is 3.84. The van der Waals surface area contributed by atoms with Gasteiger partial charge in [0.2, 0.25) is 0 Å². The summed E-state index contributed by atoms with van der Waals surface area (Å²) in [6.45, 7) is 3.96. The fraction of sp³-hybridized carbons (Fsp3) is 0.222. The molecular formula is C18H17F3N2O2. The van der Waals surface area contributed by atoms with Crippen LogP contribution in [0.1, 0.15) is 31.7 Å². The Labute approximate surface area is 143 Å². The number of carbonyl (C=O) groups excluding carboxylic acids is 2. The van der Waals surface area contributed by atoms with E-state index < -0.39 is 35.0 Å². The minimum atomic E-state index is -1.72. The molecule has 4 nitrogen and oxygen atoms in total.